The van der Waals surface area contributed by atoms with E-state index >= 15 is 0 Å². The summed E-state index contributed by atoms with van der Waals surface area (Å²) in [5, 5.41) is 0.0161. The van der Waals surface area contributed by atoms with E-state index in [1.165, 1.54) is 23.0 Å². The quantitative estimate of drug-likeness (QED) is 0.788. The van der Waals surface area contributed by atoms with Gasteiger partial charge in [0.25, 0.3) is 0 Å². The Morgan fingerprint density at radius 1 is 1.15 bits per heavy atom. The largest absolute Gasteiger partial charge is 0.273 e. The fourth-order valence-electron chi connectivity index (χ4n) is 1.83. The molecule has 0 aliphatic carbocycles. The van der Waals surface area contributed by atoms with Crippen molar-refractivity contribution in [1.82, 2.24) is 19.9 Å². The number of nitrogens with zero attached hydrogens (tertiary/aromatic N) is 5. The number of carbonyl (C=O) groups excluding carboxylic acids is 1. The van der Waals surface area contributed by atoms with E-state index in [0.29, 0.717) is 17.3 Å². The summed E-state index contributed by atoms with van der Waals surface area (Å²) in [6.45, 7) is 0. The van der Waals surface area contributed by atoms with Gasteiger partial charge in [-0.25, -0.2) is 19.9 Å². The highest BCUT2D eigenvalue weighted by molar-refractivity contribution is 8.00. The first kappa shape index (κ1) is 13.5. The summed E-state index contributed by atoms with van der Waals surface area (Å²) < 4.78 is 0. The minimum atomic E-state index is -0.425. The monoisotopic (exact) mass is 327 g/mol. The molecule has 1 fully saturated rings. The predicted octanol–water partition coefficient (Wildman–Crippen LogP) is 2.35. The normalized spacial score (nSPS) is 18.6. The molecule has 6 nitrogen and oxygen atoms in total. The Morgan fingerprint density at radius 3 is 2.45 bits per heavy atom. The predicted molar refractivity (Wildman–Crippen MR) is 76.8 cm³/mol. The van der Waals surface area contributed by atoms with E-state index in [-0.39, 0.29) is 16.2 Å². The maximum Gasteiger partial charge on any atom is 0.240 e. The van der Waals surface area contributed by atoms with Crippen molar-refractivity contribution in [3.05, 3.63) is 40.7 Å². The Bertz CT molecular complexity index is 636. The second kappa shape index (κ2) is 5.51. The molecule has 9 heteroatoms. The van der Waals surface area contributed by atoms with Crippen LogP contribution in [0.25, 0.3) is 0 Å². The smallest absolute Gasteiger partial charge is 0.240 e. The van der Waals surface area contributed by atoms with E-state index in [2.05, 4.69) is 19.9 Å². The van der Waals surface area contributed by atoms with Gasteiger partial charge in [0.15, 0.2) is 0 Å². The first-order valence-corrected chi connectivity index (χ1v) is 7.35. The summed E-state index contributed by atoms with van der Waals surface area (Å²) in [6, 6.07) is 1.68. The fourth-order valence-corrected chi connectivity index (χ4v) is 3.67. The van der Waals surface area contributed by atoms with Gasteiger partial charge in [0.2, 0.25) is 11.9 Å². The SMILES string of the molecule is O=C1CSC(c2c(Cl)ncnc2Cl)N1c1ncccn1. The molecule has 1 aliphatic rings. The number of rotatable bonds is 2. The fraction of sp³-hybridized carbons (Fsp3) is 0.182. The number of halogens is 2. The highest BCUT2D eigenvalue weighted by Gasteiger charge is 2.38. The number of hydrogen-bond acceptors (Lipinski definition) is 6. The highest BCUT2D eigenvalue weighted by Crippen LogP contribution is 2.44. The van der Waals surface area contributed by atoms with Crippen LogP contribution in [-0.2, 0) is 4.79 Å². The first-order chi connectivity index (χ1) is 9.68. The zero-order chi connectivity index (χ0) is 14.1. The van der Waals surface area contributed by atoms with Gasteiger partial charge >= 0.3 is 0 Å². The van der Waals surface area contributed by atoms with Crippen LogP contribution >= 0.6 is 35.0 Å². The molecule has 0 saturated carbocycles. The zero-order valence-corrected chi connectivity index (χ0v) is 12.2. The van der Waals surface area contributed by atoms with Crippen LogP contribution in [0, 0.1) is 0 Å². The topological polar surface area (TPSA) is 71.9 Å². The second-order valence-electron chi connectivity index (χ2n) is 3.84. The Morgan fingerprint density at radius 2 is 1.80 bits per heavy atom. The molecule has 0 N–H and O–H groups in total. The van der Waals surface area contributed by atoms with Gasteiger partial charge in [-0.3, -0.25) is 9.69 Å². The lowest BCUT2D eigenvalue weighted by molar-refractivity contribution is -0.115. The van der Waals surface area contributed by atoms with Crippen molar-refractivity contribution in [2.45, 2.75) is 5.37 Å². The summed E-state index contributed by atoms with van der Waals surface area (Å²) in [7, 11) is 0. The van der Waals surface area contributed by atoms with E-state index in [4.69, 9.17) is 23.2 Å². The highest BCUT2D eigenvalue weighted by atomic mass is 35.5. The van der Waals surface area contributed by atoms with Crippen LogP contribution in [0.5, 0.6) is 0 Å². The summed E-state index contributed by atoms with van der Waals surface area (Å²) >= 11 is 13.5. The van der Waals surface area contributed by atoms with Gasteiger partial charge in [0.1, 0.15) is 22.0 Å². The van der Waals surface area contributed by atoms with Crippen molar-refractivity contribution in [3.63, 3.8) is 0 Å². The molecule has 1 saturated heterocycles. The maximum absolute atomic E-state index is 12.1. The molecular weight excluding hydrogens is 321 g/mol. The van der Waals surface area contributed by atoms with Gasteiger partial charge in [-0.05, 0) is 6.07 Å². The molecule has 102 valence electrons. The average Bonchev–Trinajstić information content (AvgIpc) is 2.81. The number of aromatic nitrogens is 4. The third-order valence-electron chi connectivity index (χ3n) is 2.67. The van der Waals surface area contributed by atoms with Gasteiger partial charge in [-0.2, -0.15) is 0 Å². The molecule has 0 radical (unpaired) electrons. The standard InChI is InChI=1S/C11H7Cl2N5OS/c12-8-7(9(13)17-5-16-8)10-18(6(19)4-20-10)11-14-2-1-3-15-11/h1-3,5,10H,4H2. The van der Waals surface area contributed by atoms with Crippen molar-refractivity contribution < 1.29 is 4.79 Å². The number of amides is 1. The summed E-state index contributed by atoms with van der Waals surface area (Å²) in [4.78, 5) is 29.6. The molecule has 1 aliphatic heterocycles. The molecule has 3 rings (SSSR count). The lowest BCUT2D eigenvalue weighted by atomic mass is 10.3. The van der Waals surface area contributed by atoms with Crippen molar-refractivity contribution in [2.75, 3.05) is 10.7 Å². The molecule has 2 aromatic heterocycles. The zero-order valence-electron chi connectivity index (χ0n) is 9.90. The minimum absolute atomic E-state index is 0.109. The van der Waals surface area contributed by atoms with Gasteiger partial charge in [0.05, 0.1) is 11.3 Å². The van der Waals surface area contributed by atoms with E-state index in [1.807, 2.05) is 0 Å². The molecular formula is C11H7Cl2N5OS. The van der Waals surface area contributed by atoms with Crippen LogP contribution in [0.3, 0.4) is 0 Å². The van der Waals surface area contributed by atoms with E-state index in [0.717, 1.165) is 0 Å². The molecule has 3 heterocycles. The first-order valence-electron chi connectivity index (χ1n) is 5.55. The van der Waals surface area contributed by atoms with Crippen LogP contribution in [0.15, 0.2) is 24.8 Å². The Hall–Kier alpha value is -1.44. The molecule has 1 amide bonds. The molecule has 0 aromatic carbocycles. The van der Waals surface area contributed by atoms with Gasteiger partial charge < -0.3 is 0 Å². The summed E-state index contributed by atoms with van der Waals surface area (Å²) in [6.07, 6.45) is 4.42. The molecule has 1 atom stereocenters. The average molecular weight is 328 g/mol. The van der Waals surface area contributed by atoms with Crippen molar-refractivity contribution in [2.24, 2.45) is 0 Å². The van der Waals surface area contributed by atoms with E-state index < -0.39 is 5.37 Å². The van der Waals surface area contributed by atoms with Crippen molar-refractivity contribution >= 4 is 46.8 Å². The van der Waals surface area contributed by atoms with Crippen LogP contribution in [0.4, 0.5) is 5.95 Å². The Labute approximate surface area is 128 Å². The van der Waals surface area contributed by atoms with E-state index in [9.17, 15) is 4.79 Å². The van der Waals surface area contributed by atoms with Crippen LogP contribution in [-0.4, -0.2) is 31.6 Å². The maximum atomic E-state index is 12.1. The van der Waals surface area contributed by atoms with Crippen LogP contribution in [0.1, 0.15) is 10.9 Å². The minimum Gasteiger partial charge on any atom is -0.273 e. The molecule has 0 spiro atoms. The van der Waals surface area contributed by atoms with Crippen LogP contribution in [0.2, 0.25) is 10.3 Å². The van der Waals surface area contributed by atoms with E-state index in [1.54, 1.807) is 18.5 Å². The summed E-state index contributed by atoms with van der Waals surface area (Å²) in [5.74, 6) is 0.496. The molecule has 2 aromatic rings. The molecule has 1 unspecified atom stereocenters. The Balaban J connectivity index is 2.07. The number of anilines is 1. The third-order valence-corrected chi connectivity index (χ3v) is 4.45. The van der Waals surface area contributed by atoms with Crippen molar-refractivity contribution in [1.29, 1.82) is 0 Å². The van der Waals surface area contributed by atoms with Gasteiger partial charge in [0, 0.05) is 12.4 Å². The number of hydrogen-bond donors (Lipinski definition) is 0. The molecule has 0 bridgehead atoms. The van der Waals surface area contributed by atoms with Crippen molar-refractivity contribution in [3.8, 4) is 0 Å². The number of thioether (sulfide) groups is 1. The van der Waals surface area contributed by atoms with Gasteiger partial charge in [-0.15, -0.1) is 11.8 Å². The van der Waals surface area contributed by atoms with Gasteiger partial charge in [-0.1, -0.05) is 23.2 Å². The molecule has 20 heavy (non-hydrogen) atoms. The van der Waals surface area contributed by atoms with Crippen LogP contribution < -0.4 is 4.90 Å². The lowest BCUT2D eigenvalue weighted by Gasteiger charge is -2.22. The number of carbonyl (C=O) groups is 1. The second-order valence-corrected chi connectivity index (χ2v) is 5.63. The summed E-state index contributed by atoms with van der Waals surface area (Å²) in [5.41, 5.74) is 0.499. The lowest BCUT2D eigenvalue weighted by Crippen LogP contribution is -2.30. The Kier molecular flexibility index (Phi) is 3.73. The third kappa shape index (κ3) is 2.32.